The Bertz CT molecular complexity index is 245. The van der Waals surface area contributed by atoms with Gasteiger partial charge in [0.2, 0.25) is 0 Å². The van der Waals surface area contributed by atoms with Gasteiger partial charge in [0.05, 0.1) is 0 Å². The van der Waals surface area contributed by atoms with Gasteiger partial charge in [0.15, 0.2) is 0 Å². The first kappa shape index (κ1) is 10.7. The lowest BCUT2D eigenvalue weighted by Gasteiger charge is -2.10. The smallest absolute Gasteiger partial charge is 0.0217 e. The molecular formula is C10H18N2S. The maximum Gasteiger partial charge on any atom is 0.0217 e. The normalized spacial score (nSPS) is 13.2. The van der Waals surface area contributed by atoms with Crippen molar-refractivity contribution in [2.45, 2.75) is 26.4 Å². The Morgan fingerprint density at radius 1 is 1.46 bits per heavy atom. The van der Waals surface area contributed by atoms with E-state index in [9.17, 15) is 0 Å². The molecule has 2 nitrogen and oxygen atoms in total. The summed E-state index contributed by atoms with van der Waals surface area (Å²) in [6.45, 7) is 6.34. The fourth-order valence-corrected chi connectivity index (χ4v) is 1.95. The second-order valence-corrected chi connectivity index (χ2v) is 4.14. The Labute approximate surface area is 84.4 Å². The van der Waals surface area contributed by atoms with Gasteiger partial charge in [-0.05, 0) is 42.8 Å². The fourth-order valence-electron chi connectivity index (χ4n) is 1.09. The Hall–Kier alpha value is -0.380. The van der Waals surface area contributed by atoms with Crippen molar-refractivity contribution in [1.29, 1.82) is 0 Å². The number of nitrogens with one attached hydrogen (secondary N) is 2. The first-order chi connectivity index (χ1) is 6.24. The van der Waals surface area contributed by atoms with Gasteiger partial charge in [-0.1, -0.05) is 0 Å². The number of thiophene rings is 1. The zero-order chi connectivity index (χ0) is 9.68. The molecule has 0 amide bonds. The molecule has 1 atom stereocenters. The van der Waals surface area contributed by atoms with Crippen molar-refractivity contribution in [2.75, 3.05) is 13.6 Å². The van der Waals surface area contributed by atoms with Crippen LogP contribution in [-0.4, -0.2) is 19.6 Å². The van der Waals surface area contributed by atoms with Gasteiger partial charge in [0.25, 0.3) is 0 Å². The maximum absolute atomic E-state index is 3.42. The summed E-state index contributed by atoms with van der Waals surface area (Å²) < 4.78 is 0. The zero-order valence-corrected chi connectivity index (χ0v) is 9.37. The maximum atomic E-state index is 3.42. The van der Waals surface area contributed by atoms with Crippen molar-refractivity contribution in [1.82, 2.24) is 10.6 Å². The molecule has 0 aliphatic carbocycles. The molecule has 3 heteroatoms. The van der Waals surface area contributed by atoms with E-state index in [2.05, 4.69) is 35.2 Å². The van der Waals surface area contributed by atoms with Crippen LogP contribution in [0.4, 0.5) is 0 Å². The number of hydrogen-bond acceptors (Lipinski definition) is 3. The van der Waals surface area contributed by atoms with Crippen LogP contribution in [0.15, 0.2) is 10.8 Å². The van der Waals surface area contributed by atoms with E-state index in [1.54, 1.807) is 11.3 Å². The average molecular weight is 198 g/mol. The van der Waals surface area contributed by atoms with Crippen molar-refractivity contribution >= 4 is 11.3 Å². The summed E-state index contributed by atoms with van der Waals surface area (Å²) >= 11 is 1.78. The van der Waals surface area contributed by atoms with Gasteiger partial charge < -0.3 is 10.6 Å². The topological polar surface area (TPSA) is 24.1 Å². The van der Waals surface area contributed by atoms with E-state index in [1.165, 1.54) is 11.1 Å². The molecule has 0 saturated carbocycles. The van der Waals surface area contributed by atoms with Crippen LogP contribution in [0.1, 0.15) is 18.1 Å². The molecule has 13 heavy (non-hydrogen) atoms. The fraction of sp³-hybridized carbons (Fsp3) is 0.600. The molecule has 0 bridgehead atoms. The van der Waals surface area contributed by atoms with Crippen LogP contribution < -0.4 is 10.6 Å². The number of hydrogen-bond donors (Lipinski definition) is 2. The van der Waals surface area contributed by atoms with Crippen molar-refractivity contribution in [2.24, 2.45) is 0 Å². The van der Waals surface area contributed by atoms with Crippen molar-refractivity contribution in [3.05, 3.63) is 21.9 Å². The Morgan fingerprint density at radius 3 is 2.77 bits per heavy atom. The van der Waals surface area contributed by atoms with Gasteiger partial charge in [-0.15, -0.1) is 0 Å². The molecule has 0 aliphatic heterocycles. The van der Waals surface area contributed by atoms with Crippen molar-refractivity contribution in [3.63, 3.8) is 0 Å². The third-order valence-corrected chi connectivity index (χ3v) is 3.13. The van der Waals surface area contributed by atoms with Gasteiger partial charge in [-0.25, -0.2) is 0 Å². The van der Waals surface area contributed by atoms with Gasteiger partial charge >= 0.3 is 0 Å². The molecule has 0 saturated heterocycles. The Balaban J connectivity index is 2.24. The molecule has 0 aliphatic rings. The highest BCUT2D eigenvalue weighted by Gasteiger charge is 2.00. The number of likely N-dealkylation sites (N-methyl/N-ethyl adjacent to an activating group) is 1. The third kappa shape index (κ3) is 3.46. The molecule has 1 unspecified atom stereocenters. The Kier molecular flexibility index (Phi) is 4.42. The predicted octanol–water partition coefficient (Wildman–Crippen LogP) is 1.75. The van der Waals surface area contributed by atoms with Crippen LogP contribution in [0.5, 0.6) is 0 Å². The lowest BCUT2D eigenvalue weighted by molar-refractivity contribution is 0.540. The average Bonchev–Trinajstić information content (AvgIpc) is 2.52. The van der Waals surface area contributed by atoms with Crippen LogP contribution >= 0.6 is 11.3 Å². The molecule has 1 heterocycles. The van der Waals surface area contributed by atoms with Crippen molar-refractivity contribution < 1.29 is 0 Å². The largest absolute Gasteiger partial charge is 0.316 e. The van der Waals surface area contributed by atoms with E-state index >= 15 is 0 Å². The lowest BCUT2D eigenvalue weighted by atomic mass is 10.2. The third-order valence-electron chi connectivity index (χ3n) is 2.22. The molecule has 2 N–H and O–H groups in total. The minimum absolute atomic E-state index is 0.541. The second kappa shape index (κ2) is 5.37. The molecule has 74 valence electrons. The summed E-state index contributed by atoms with van der Waals surface area (Å²) in [6, 6.07) is 0.541. The summed E-state index contributed by atoms with van der Waals surface area (Å²) in [4.78, 5) is 0. The van der Waals surface area contributed by atoms with E-state index in [4.69, 9.17) is 0 Å². The summed E-state index contributed by atoms with van der Waals surface area (Å²) in [5.74, 6) is 0. The van der Waals surface area contributed by atoms with E-state index < -0.39 is 0 Å². The highest BCUT2D eigenvalue weighted by atomic mass is 32.1. The SMILES string of the molecule is CNC(C)CNCc1cscc1C. The molecule has 1 aromatic rings. The number of aryl methyl sites for hydroxylation is 1. The van der Waals surface area contributed by atoms with Crippen LogP contribution in [0.25, 0.3) is 0 Å². The summed E-state index contributed by atoms with van der Waals surface area (Å²) in [7, 11) is 1.99. The van der Waals surface area contributed by atoms with Gasteiger partial charge in [-0.2, -0.15) is 11.3 Å². The minimum Gasteiger partial charge on any atom is -0.316 e. The highest BCUT2D eigenvalue weighted by molar-refractivity contribution is 7.08. The van der Waals surface area contributed by atoms with Gasteiger partial charge in [-0.3, -0.25) is 0 Å². The first-order valence-corrected chi connectivity index (χ1v) is 5.58. The molecular weight excluding hydrogens is 180 g/mol. The lowest BCUT2D eigenvalue weighted by Crippen LogP contribution is -2.33. The van der Waals surface area contributed by atoms with E-state index in [1.807, 2.05) is 7.05 Å². The molecule has 0 fully saturated rings. The van der Waals surface area contributed by atoms with E-state index in [0.29, 0.717) is 6.04 Å². The molecule has 0 radical (unpaired) electrons. The summed E-state index contributed by atoms with van der Waals surface area (Å²) in [5, 5.41) is 11.0. The minimum atomic E-state index is 0.541. The van der Waals surface area contributed by atoms with Crippen LogP contribution in [0.2, 0.25) is 0 Å². The molecule has 0 spiro atoms. The van der Waals surface area contributed by atoms with Crippen LogP contribution in [0.3, 0.4) is 0 Å². The van der Waals surface area contributed by atoms with E-state index in [0.717, 1.165) is 13.1 Å². The van der Waals surface area contributed by atoms with E-state index in [-0.39, 0.29) is 0 Å². The van der Waals surface area contributed by atoms with Gasteiger partial charge in [0.1, 0.15) is 0 Å². The molecule has 0 aromatic carbocycles. The van der Waals surface area contributed by atoms with Crippen LogP contribution in [-0.2, 0) is 6.54 Å². The standard InChI is InChI=1S/C10H18N2S/c1-8-6-13-7-10(8)5-12-4-9(2)11-3/h6-7,9,11-12H,4-5H2,1-3H3. The second-order valence-electron chi connectivity index (χ2n) is 3.40. The number of rotatable bonds is 5. The molecule has 1 aromatic heterocycles. The van der Waals surface area contributed by atoms with Crippen LogP contribution in [0, 0.1) is 6.92 Å². The monoisotopic (exact) mass is 198 g/mol. The zero-order valence-electron chi connectivity index (χ0n) is 8.55. The molecule has 1 rings (SSSR count). The Morgan fingerprint density at radius 2 is 2.23 bits per heavy atom. The highest BCUT2D eigenvalue weighted by Crippen LogP contribution is 2.12. The summed E-state index contributed by atoms with van der Waals surface area (Å²) in [5.41, 5.74) is 2.82. The summed E-state index contributed by atoms with van der Waals surface area (Å²) in [6.07, 6.45) is 0. The van der Waals surface area contributed by atoms with Gasteiger partial charge in [0, 0.05) is 19.1 Å². The predicted molar refractivity (Wildman–Crippen MR) is 59.3 cm³/mol. The van der Waals surface area contributed by atoms with Crippen molar-refractivity contribution in [3.8, 4) is 0 Å². The quantitative estimate of drug-likeness (QED) is 0.753. The first-order valence-electron chi connectivity index (χ1n) is 4.63.